The van der Waals surface area contributed by atoms with Crippen LogP contribution in [0.1, 0.15) is 26.2 Å². The van der Waals surface area contributed by atoms with Crippen molar-refractivity contribution in [1.82, 2.24) is 0 Å². The smallest absolute Gasteiger partial charge is 0.303 e. The number of hydrogen-bond acceptors (Lipinski definition) is 3. The van der Waals surface area contributed by atoms with Crippen molar-refractivity contribution in [2.75, 3.05) is 20.0 Å². The summed E-state index contributed by atoms with van der Waals surface area (Å²) in [6.07, 6.45) is 3.78. The van der Waals surface area contributed by atoms with Crippen molar-refractivity contribution in [3.63, 3.8) is 0 Å². The van der Waals surface area contributed by atoms with Gasteiger partial charge in [-0.1, -0.05) is 11.6 Å². The van der Waals surface area contributed by atoms with Crippen LogP contribution >= 0.6 is 0 Å². The van der Waals surface area contributed by atoms with Crippen LogP contribution < -0.4 is 0 Å². The summed E-state index contributed by atoms with van der Waals surface area (Å²) in [5.74, 6) is -0.431. The maximum atomic E-state index is 10.4. The lowest BCUT2D eigenvalue weighted by atomic mass is 9.95. The van der Waals surface area contributed by atoms with Crippen LogP contribution in [0, 0.1) is 5.92 Å². The molecule has 0 aromatic heterocycles. The van der Waals surface area contributed by atoms with E-state index in [2.05, 4.69) is 0 Å². The van der Waals surface area contributed by atoms with Crippen molar-refractivity contribution in [2.24, 2.45) is 5.92 Å². The molecule has 0 atom stereocenters. The van der Waals surface area contributed by atoms with Gasteiger partial charge in [-0.15, -0.1) is 0 Å². The predicted octanol–water partition coefficient (Wildman–Crippen LogP) is 1.81. The molecule has 86 valence electrons. The highest BCUT2D eigenvalue weighted by molar-refractivity contribution is 5.66. The summed E-state index contributed by atoms with van der Waals surface area (Å²) in [5.41, 5.74) is 1.25. The van der Waals surface area contributed by atoms with Crippen molar-refractivity contribution in [1.29, 1.82) is 0 Å². The maximum Gasteiger partial charge on any atom is 0.303 e. The molecule has 0 aliphatic carbocycles. The van der Waals surface area contributed by atoms with Gasteiger partial charge in [-0.3, -0.25) is 4.79 Å². The van der Waals surface area contributed by atoms with Crippen LogP contribution in [0.15, 0.2) is 11.6 Å². The van der Waals surface area contributed by atoms with Crippen LogP contribution in [0.25, 0.3) is 0 Å². The summed E-state index contributed by atoms with van der Waals surface area (Å²) in [6, 6.07) is 0. The Labute approximate surface area is 89.9 Å². The van der Waals surface area contributed by atoms with Crippen LogP contribution in [-0.2, 0) is 14.3 Å². The van der Waals surface area contributed by atoms with Gasteiger partial charge < -0.3 is 14.6 Å². The first-order valence-electron chi connectivity index (χ1n) is 5.26. The molecule has 1 N–H and O–H groups in total. The Balaban J connectivity index is 2.31. The Morgan fingerprint density at radius 3 is 2.60 bits per heavy atom. The molecule has 0 amide bonds. The minimum absolute atomic E-state index is 0.228. The highest BCUT2D eigenvalue weighted by Crippen LogP contribution is 2.21. The Bertz CT molecular complexity index is 229. The zero-order valence-corrected chi connectivity index (χ0v) is 9.07. The number of carboxylic acid groups (broad SMARTS) is 1. The van der Waals surface area contributed by atoms with Gasteiger partial charge in [-0.25, -0.2) is 0 Å². The molecule has 0 saturated carbocycles. The Hall–Kier alpha value is -0.870. The SMILES string of the molecule is C/C=C(/CCCC(=O)O)C1COCOC1. The van der Waals surface area contributed by atoms with Gasteiger partial charge >= 0.3 is 5.97 Å². The van der Waals surface area contributed by atoms with Gasteiger partial charge in [-0.2, -0.15) is 0 Å². The van der Waals surface area contributed by atoms with Gasteiger partial charge in [-0.05, 0) is 19.8 Å². The van der Waals surface area contributed by atoms with Crippen LogP contribution in [0.4, 0.5) is 0 Å². The van der Waals surface area contributed by atoms with Crippen LogP contribution in [-0.4, -0.2) is 31.1 Å². The van der Waals surface area contributed by atoms with Gasteiger partial charge in [0.15, 0.2) is 0 Å². The van der Waals surface area contributed by atoms with Gasteiger partial charge in [0.2, 0.25) is 0 Å². The van der Waals surface area contributed by atoms with Gasteiger partial charge in [0.1, 0.15) is 6.79 Å². The van der Waals surface area contributed by atoms with Crippen LogP contribution in [0.3, 0.4) is 0 Å². The van der Waals surface area contributed by atoms with Crippen LogP contribution in [0.5, 0.6) is 0 Å². The average Bonchev–Trinajstić information content (AvgIpc) is 2.25. The van der Waals surface area contributed by atoms with E-state index in [1.54, 1.807) is 0 Å². The third kappa shape index (κ3) is 4.44. The molecule has 1 fully saturated rings. The molecule has 1 heterocycles. The summed E-state index contributed by atoms with van der Waals surface area (Å²) < 4.78 is 10.4. The summed E-state index contributed by atoms with van der Waals surface area (Å²) in [5, 5.41) is 8.54. The molecule has 0 aromatic carbocycles. The fourth-order valence-corrected chi connectivity index (χ4v) is 1.73. The number of rotatable bonds is 5. The first-order chi connectivity index (χ1) is 7.24. The minimum atomic E-state index is -0.735. The minimum Gasteiger partial charge on any atom is -0.481 e. The summed E-state index contributed by atoms with van der Waals surface area (Å²) >= 11 is 0. The molecule has 1 rings (SSSR count). The standard InChI is InChI=1S/C11H18O4/c1-2-9(4-3-5-11(12)13)10-6-14-8-15-7-10/h2,10H,3-8H2,1H3,(H,12,13)/b9-2-. The van der Waals surface area contributed by atoms with Crippen LogP contribution in [0.2, 0.25) is 0 Å². The van der Waals surface area contributed by atoms with E-state index in [1.165, 1.54) is 5.57 Å². The number of hydrogen-bond donors (Lipinski definition) is 1. The van der Waals surface area contributed by atoms with Crippen molar-refractivity contribution >= 4 is 5.97 Å². The third-order valence-electron chi connectivity index (χ3n) is 2.56. The number of aliphatic carboxylic acids is 1. The lowest BCUT2D eigenvalue weighted by molar-refractivity contribution is -0.137. The molecule has 0 aromatic rings. The van der Waals surface area contributed by atoms with E-state index in [1.807, 2.05) is 13.0 Å². The Kier molecular flexibility index (Phi) is 5.36. The first kappa shape index (κ1) is 12.2. The molecule has 0 spiro atoms. The average molecular weight is 214 g/mol. The quantitative estimate of drug-likeness (QED) is 0.709. The molecule has 1 saturated heterocycles. The Morgan fingerprint density at radius 2 is 2.07 bits per heavy atom. The van der Waals surface area contributed by atoms with E-state index < -0.39 is 5.97 Å². The zero-order chi connectivity index (χ0) is 11.1. The summed E-state index contributed by atoms with van der Waals surface area (Å²) in [7, 11) is 0. The zero-order valence-electron chi connectivity index (χ0n) is 9.07. The molecule has 15 heavy (non-hydrogen) atoms. The van der Waals surface area contributed by atoms with E-state index >= 15 is 0 Å². The number of carbonyl (C=O) groups is 1. The summed E-state index contributed by atoms with van der Waals surface area (Å²) in [6.45, 7) is 3.73. The van der Waals surface area contributed by atoms with E-state index in [0.29, 0.717) is 32.3 Å². The van der Waals surface area contributed by atoms with Gasteiger partial charge in [0.25, 0.3) is 0 Å². The van der Waals surface area contributed by atoms with E-state index in [4.69, 9.17) is 14.6 Å². The normalized spacial score (nSPS) is 19.1. The largest absolute Gasteiger partial charge is 0.481 e. The number of ether oxygens (including phenoxy) is 2. The first-order valence-corrected chi connectivity index (χ1v) is 5.26. The van der Waals surface area contributed by atoms with Crippen molar-refractivity contribution in [3.05, 3.63) is 11.6 Å². The molecule has 4 heteroatoms. The lowest BCUT2D eigenvalue weighted by Crippen LogP contribution is -2.25. The molecule has 0 radical (unpaired) electrons. The second kappa shape index (κ2) is 6.58. The predicted molar refractivity (Wildman–Crippen MR) is 55.5 cm³/mol. The van der Waals surface area contributed by atoms with Gasteiger partial charge in [0.05, 0.1) is 13.2 Å². The highest BCUT2D eigenvalue weighted by Gasteiger charge is 2.18. The monoisotopic (exact) mass is 214 g/mol. The number of allylic oxidation sites excluding steroid dienone is 1. The second-order valence-electron chi connectivity index (χ2n) is 3.67. The van der Waals surface area contributed by atoms with Crippen molar-refractivity contribution < 1.29 is 19.4 Å². The molecule has 0 bridgehead atoms. The fourth-order valence-electron chi connectivity index (χ4n) is 1.73. The molecule has 0 unspecified atom stereocenters. The third-order valence-corrected chi connectivity index (χ3v) is 2.56. The lowest BCUT2D eigenvalue weighted by Gasteiger charge is -2.24. The molecule has 1 aliphatic rings. The van der Waals surface area contributed by atoms with E-state index in [-0.39, 0.29) is 6.42 Å². The van der Waals surface area contributed by atoms with Gasteiger partial charge in [0, 0.05) is 12.3 Å². The fraction of sp³-hybridized carbons (Fsp3) is 0.727. The molecule has 1 aliphatic heterocycles. The maximum absolute atomic E-state index is 10.4. The highest BCUT2D eigenvalue weighted by atomic mass is 16.7. The number of carboxylic acids is 1. The molecule has 4 nitrogen and oxygen atoms in total. The topological polar surface area (TPSA) is 55.8 Å². The van der Waals surface area contributed by atoms with E-state index in [9.17, 15) is 4.79 Å². The summed E-state index contributed by atoms with van der Waals surface area (Å²) in [4.78, 5) is 10.4. The second-order valence-corrected chi connectivity index (χ2v) is 3.67. The Morgan fingerprint density at radius 1 is 1.40 bits per heavy atom. The molecular weight excluding hydrogens is 196 g/mol. The van der Waals surface area contributed by atoms with Crippen molar-refractivity contribution in [3.8, 4) is 0 Å². The molecular formula is C11H18O4. The van der Waals surface area contributed by atoms with E-state index in [0.717, 1.165) is 6.42 Å². The van der Waals surface area contributed by atoms with Crippen molar-refractivity contribution in [2.45, 2.75) is 26.2 Å².